The zero-order valence-electron chi connectivity index (χ0n) is 17.4. The lowest BCUT2D eigenvalue weighted by molar-refractivity contribution is -0.384. The average Bonchev–Trinajstić information content (AvgIpc) is 2.81. The molecule has 4 amide bonds. The maximum Gasteiger partial charge on any atom is 0.335 e. The third kappa shape index (κ3) is 4.80. The first-order valence-electron chi connectivity index (χ1n) is 9.95. The molecule has 4 rings (SSSR count). The van der Waals surface area contributed by atoms with Crippen LogP contribution in [0.25, 0.3) is 6.08 Å². The number of halogens is 1. The molecule has 0 aliphatic carbocycles. The third-order valence-electron chi connectivity index (χ3n) is 4.91. The quantitative estimate of drug-likeness (QED) is 0.257. The Kier molecular flexibility index (Phi) is 6.13. The van der Waals surface area contributed by atoms with Crippen LogP contribution in [0.15, 0.2) is 78.4 Å². The summed E-state index contributed by atoms with van der Waals surface area (Å²) in [5, 5.41) is 12.9. The van der Waals surface area contributed by atoms with Crippen LogP contribution in [0, 0.1) is 15.9 Å². The number of ether oxygens (including phenoxy) is 1. The highest BCUT2D eigenvalue weighted by atomic mass is 19.1. The van der Waals surface area contributed by atoms with E-state index in [1.165, 1.54) is 30.3 Å². The number of nitrogens with zero attached hydrogens (tertiary/aromatic N) is 2. The first-order chi connectivity index (χ1) is 16.3. The smallest absolute Gasteiger partial charge is 0.335 e. The molecule has 1 N–H and O–H groups in total. The molecular formula is C24H16FN3O6. The highest BCUT2D eigenvalue weighted by molar-refractivity contribution is 6.39. The summed E-state index contributed by atoms with van der Waals surface area (Å²) in [6, 6.07) is 16.3. The van der Waals surface area contributed by atoms with Crippen LogP contribution in [0.2, 0.25) is 0 Å². The van der Waals surface area contributed by atoms with Gasteiger partial charge in [-0.2, -0.15) is 0 Å². The van der Waals surface area contributed by atoms with E-state index in [9.17, 15) is 28.9 Å². The van der Waals surface area contributed by atoms with E-state index in [4.69, 9.17) is 4.74 Å². The summed E-state index contributed by atoms with van der Waals surface area (Å²) < 4.78 is 18.9. The number of anilines is 1. The number of carbonyl (C=O) groups is 3. The van der Waals surface area contributed by atoms with Gasteiger partial charge in [-0.1, -0.05) is 24.3 Å². The highest BCUT2D eigenvalue weighted by Gasteiger charge is 2.36. The summed E-state index contributed by atoms with van der Waals surface area (Å²) >= 11 is 0. The van der Waals surface area contributed by atoms with Gasteiger partial charge in [-0.3, -0.25) is 25.0 Å². The lowest BCUT2D eigenvalue weighted by Gasteiger charge is -2.26. The van der Waals surface area contributed by atoms with Crippen molar-refractivity contribution >= 4 is 35.3 Å². The second kappa shape index (κ2) is 9.33. The van der Waals surface area contributed by atoms with E-state index < -0.39 is 22.8 Å². The number of amides is 4. The second-order valence-corrected chi connectivity index (χ2v) is 7.22. The zero-order chi connectivity index (χ0) is 24.2. The van der Waals surface area contributed by atoms with Crippen molar-refractivity contribution < 1.29 is 28.4 Å². The molecule has 1 fully saturated rings. The van der Waals surface area contributed by atoms with Gasteiger partial charge in [-0.15, -0.1) is 0 Å². The topological polar surface area (TPSA) is 119 Å². The maximum atomic E-state index is 13.3. The van der Waals surface area contributed by atoms with E-state index in [0.717, 1.165) is 17.0 Å². The Hall–Kier alpha value is -4.86. The third-order valence-corrected chi connectivity index (χ3v) is 4.91. The van der Waals surface area contributed by atoms with E-state index in [1.807, 2.05) is 0 Å². The summed E-state index contributed by atoms with van der Waals surface area (Å²) in [4.78, 5) is 48.4. The van der Waals surface area contributed by atoms with Gasteiger partial charge in [0, 0.05) is 12.1 Å². The van der Waals surface area contributed by atoms with Crippen molar-refractivity contribution in [2.45, 2.75) is 6.61 Å². The molecule has 9 nitrogen and oxygen atoms in total. The minimum absolute atomic E-state index is 0.0765. The molecule has 0 radical (unpaired) electrons. The summed E-state index contributed by atoms with van der Waals surface area (Å²) in [6.07, 6.45) is 1.32. The average molecular weight is 461 g/mol. The van der Waals surface area contributed by atoms with Crippen molar-refractivity contribution in [2.24, 2.45) is 0 Å². The highest BCUT2D eigenvalue weighted by Crippen LogP contribution is 2.25. The van der Waals surface area contributed by atoms with Gasteiger partial charge in [0.05, 0.1) is 10.6 Å². The maximum absolute atomic E-state index is 13.3. The molecule has 1 aliphatic rings. The van der Waals surface area contributed by atoms with Crippen LogP contribution in [-0.4, -0.2) is 22.8 Å². The van der Waals surface area contributed by atoms with Crippen molar-refractivity contribution in [3.05, 3.63) is 105 Å². The Bertz CT molecular complexity index is 1320. The molecule has 0 aromatic heterocycles. The standard InChI is InChI=1S/C24H16FN3O6/c25-17-3-1-2-16(12-17)14-34-20-10-4-15(5-11-20)13-21-22(29)26-24(31)27(23(21)30)18-6-8-19(9-7-18)28(32)33/h1-13H,14H2,(H,26,29,31)/b21-13+. The van der Waals surface area contributed by atoms with Crippen LogP contribution in [0.4, 0.5) is 20.6 Å². The molecule has 170 valence electrons. The number of non-ortho nitro benzene ring substituents is 1. The number of imide groups is 2. The van der Waals surface area contributed by atoms with Gasteiger partial charge in [-0.05, 0) is 53.6 Å². The first-order valence-corrected chi connectivity index (χ1v) is 9.95. The fourth-order valence-electron chi connectivity index (χ4n) is 3.24. The van der Waals surface area contributed by atoms with Gasteiger partial charge in [0.1, 0.15) is 23.7 Å². The molecule has 3 aromatic carbocycles. The Balaban J connectivity index is 1.51. The van der Waals surface area contributed by atoms with Crippen LogP contribution in [0.3, 0.4) is 0 Å². The van der Waals surface area contributed by atoms with Crippen molar-refractivity contribution in [3.63, 3.8) is 0 Å². The number of barbiturate groups is 1. The summed E-state index contributed by atoms with van der Waals surface area (Å²) in [6.45, 7) is 0.158. The summed E-state index contributed by atoms with van der Waals surface area (Å²) in [5.41, 5.74) is 0.736. The van der Waals surface area contributed by atoms with E-state index in [-0.39, 0.29) is 29.4 Å². The number of hydrogen-bond acceptors (Lipinski definition) is 6. The number of nitro benzene ring substituents is 1. The molecular weight excluding hydrogens is 445 g/mol. The van der Waals surface area contributed by atoms with Gasteiger partial charge in [0.2, 0.25) is 0 Å². The largest absolute Gasteiger partial charge is 0.489 e. The van der Waals surface area contributed by atoms with Crippen molar-refractivity contribution in [3.8, 4) is 5.75 Å². The molecule has 0 saturated carbocycles. The number of benzene rings is 3. The predicted molar refractivity (Wildman–Crippen MR) is 119 cm³/mol. The molecule has 34 heavy (non-hydrogen) atoms. The molecule has 10 heteroatoms. The zero-order valence-corrected chi connectivity index (χ0v) is 17.4. The van der Waals surface area contributed by atoms with Crippen LogP contribution in [-0.2, 0) is 16.2 Å². The van der Waals surface area contributed by atoms with Gasteiger partial charge in [0.25, 0.3) is 17.5 Å². The number of urea groups is 1. The number of nitrogens with one attached hydrogen (secondary N) is 1. The van der Waals surface area contributed by atoms with Crippen molar-refractivity contribution in [2.75, 3.05) is 4.90 Å². The Morgan fingerprint density at radius 3 is 2.35 bits per heavy atom. The monoisotopic (exact) mass is 461 g/mol. The first kappa shape index (κ1) is 22.3. The Morgan fingerprint density at radius 1 is 1.00 bits per heavy atom. The molecule has 0 atom stereocenters. The number of hydrogen-bond donors (Lipinski definition) is 1. The molecule has 0 unspecified atom stereocenters. The predicted octanol–water partition coefficient (Wildman–Crippen LogP) is 3.98. The van der Waals surface area contributed by atoms with E-state index in [2.05, 4.69) is 5.32 Å². The van der Waals surface area contributed by atoms with Crippen LogP contribution >= 0.6 is 0 Å². The molecule has 1 saturated heterocycles. The van der Waals surface area contributed by atoms with Crippen LogP contribution < -0.4 is 15.0 Å². The molecule has 1 heterocycles. The lowest BCUT2D eigenvalue weighted by atomic mass is 10.1. The van der Waals surface area contributed by atoms with Crippen molar-refractivity contribution in [1.29, 1.82) is 0 Å². The number of rotatable bonds is 6. The number of nitro groups is 1. The molecule has 0 bridgehead atoms. The fraction of sp³-hybridized carbons (Fsp3) is 0.0417. The van der Waals surface area contributed by atoms with Gasteiger partial charge < -0.3 is 4.74 Å². The normalized spacial score (nSPS) is 14.8. The Morgan fingerprint density at radius 2 is 1.71 bits per heavy atom. The molecule has 3 aromatic rings. The van der Waals surface area contributed by atoms with Crippen LogP contribution in [0.1, 0.15) is 11.1 Å². The summed E-state index contributed by atoms with van der Waals surface area (Å²) in [5.74, 6) is -1.60. The Labute approximate surface area is 192 Å². The van der Waals surface area contributed by atoms with Crippen LogP contribution in [0.5, 0.6) is 5.75 Å². The van der Waals surface area contributed by atoms with Crippen molar-refractivity contribution in [1.82, 2.24) is 5.32 Å². The second-order valence-electron chi connectivity index (χ2n) is 7.22. The van der Waals surface area contributed by atoms with E-state index in [0.29, 0.717) is 16.9 Å². The van der Waals surface area contributed by atoms with Gasteiger partial charge in [0.15, 0.2) is 0 Å². The van der Waals surface area contributed by atoms with Gasteiger partial charge in [-0.25, -0.2) is 14.1 Å². The lowest BCUT2D eigenvalue weighted by Crippen LogP contribution is -2.54. The summed E-state index contributed by atoms with van der Waals surface area (Å²) in [7, 11) is 0. The molecule has 0 spiro atoms. The number of carbonyl (C=O) groups excluding carboxylic acids is 3. The van der Waals surface area contributed by atoms with E-state index in [1.54, 1.807) is 36.4 Å². The fourth-order valence-corrected chi connectivity index (χ4v) is 3.24. The van der Waals surface area contributed by atoms with E-state index >= 15 is 0 Å². The van der Waals surface area contributed by atoms with Gasteiger partial charge >= 0.3 is 6.03 Å². The minimum Gasteiger partial charge on any atom is -0.489 e. The molecule has 1 aliphatic heterocycles. The SMILES string of the molecule is O=C1NC(=O)N(c2ccc([N+](=O)[O-])cc2)C(=O)/C1=C/c1ccc(OCc2cccc(F)c2)cc1. The minimum atomic E-state index is -0.956.